The van der Waals surface area contributed by atoms with Crippen LogP contribution in [0.15, 0.2) is 48.5 Å². The summed E-state index contributed by atoms with van der Waals surface area (Å²) in [6, 6.07) is 15.0. The molecule has 2 aromatic rings. The molecule has 5 heteroatoms. The van der Waals surface area contributed by atoms with Crippen molar-refractivity contribution in [2.75, 3.05) is 6.54 Å². The van der Waals surface area contributed by atoms with Gasteiger partial charge in [0.25, 0.3) is 0 Å². The van der Waals surface area contributed by atoms with Crippen molar-refractivity contribution < 1.29 is 9.84 Å². The summed E-state index contributed by atoms with van der Waals surface area (Å²) < 4.78 is 5.67. The maximum atomic E-state index is 10.1. The Bertz CT molecular complexity index is 564. The van der Waals surface area contributed by atoms with Crippen LogP contribution in [0, 0.1) is 0 Å². The Hall–Kier alpha value is -1.75. The van der Waals surface area contributed by atoms with E-state index >= 15 is 0 Å². The Labute approximate surface area is 137 Å². The number of phenols is 1. The molecule has 0 radical (unpaired) electrons. The third-order valence-corrected chi connectivity index (χ3v) is 3.37. The van der Waals surface area contributed by atoms with Crippen LogP contribution in [0.3, 0.4) is 0 Å². The predicted octanol–water partition coefficient (Wildman–Crippen LogP) is 3.13. The Balaban J connectivity index is 0.00000242. The summed E-state index contributed by atoms with van der Waals surface area (Å²) in [5.74, 6) is 0.802. The molecule has 2 aromatic carbocycles. The van der Waals surface area contributed by atoms with Crippen molar-refractivity contribution in [1.82, 2.24) is 0 Å². The summed E-state index contributed by atoms with van der Waals surface area (Å²) in [6.07, 6.45) is 1.60. The van der Waals surface area contributed by atoms with Crippen molar-refractivity contribution in [2.45, 2.75) is 25.5 Å². The fourth-order valence-electron chi connectivity index (χ4n) is 2.16. The number of rotatable bonds is 7. The summed E-state index contributed by atoms with van der Waals surface area (Å²) in [5.41, 5.74) is 13.3. The minimum atomic E-state index is -0.197. The second-order valence-electron chi connectivity index (χ2n) is 5.03. The smallest absolute Gasteiger partial charge is 0.124 e. The first-order valence-electron chi connectivity index (χ1n) is 7.16. The average molecular weight is 323 g/mol. The number of halogens is 1. The molecule has 0 spiro atoms. The lowest BCUT2D eigenvalue weighted by Gasteiger charge is -2.14. The van der Waals surface area contributed by atoms with E-state index in [0.717, 1.165) is 24.0 Å². The second-order valence-corrected chi connectivity index (χ2v) is 5.03. The Morgan fingerprint density at radius 2 is 1.82 bits per heavy atom. The zero-order chi connectivity index (χ0) is 15.1. The van der Waals surface area contributed by atoms with Gasteiger partial charge >= 0.3 is 0 Å². The predicted molar refractivity (Wildman–Crippen MR) is 91.3 cm³/mol. The van der Waals surface area contributed by atoms with Gasteiger partial charge in [-0.1, -0.05) is 36.4 Å². The molecule has 120 valence electrons. The van der Waals surface area contributed by atoms with Crippen LogP contribution in [-0.4, -0.2) is 11.7 Å². The van der Waals surface area contributed by atoms with Gasteiger partial charge in [0.1, 0.15) is 18.1 Å². The van der Waals surface area contributed by atoms with Crippen LogP contribution in [0.2, 0.25) is 0 Å². The minimum Gasteiger partial charge on any atom is -0.507 e. The van der Waals surface area contributed by atoms with Crippen LogP contribution in [-0.2, 0) is 6.61 Å². The molecule has 0 saturated carbocycles. The summed E-state index contributed by atoms with van der Waals surface area (Å²) in [6.45, 7) is 1.07. The number of hydrogen-bond acceptors (Lipinski definition) is 4. The average Bonchev–Trinajstić information content (AvgIpc) is 2.51. The van der Waals surface area contributed by atoms with Crippen LogP contribution in [0.25, 0.3) is 0 Å². The third-order valence-electron chi connectivity index (χ3n) is 3.37. The van der Waals surface area contributed by atoms with Gasteiger partial charge < -0.3 is 21.3 Å². The highest BCUT2D eigenvalue weighted by Crippen LogP contribution is 2.29. The molecular weight excluding hydrogens is 300 g/mol. The molecule has 0 aliphatic heterocycles. The van der Waals surface area contributed by atoms with Crippen molar-refractivity contribution in [3.63, 3.8) is 0 Å². The van der Waals surface area contributed by atoms with Crippen LogP contribution in [0.1, 0.15) is 30.0 Å². The van der Waals surface area contributed by atoms with Crippen LogP contribution >= 0.6 is 12.4 Å². The lowest BCUT2D eigenvalue weighted by Crippen LogP contribution is -2.12. The monoisotopic (exact) mass is 322 g/mol. The largest absolute Gasteiger partial charge is 0.507 e. The summed E-state index contributed by atoms with van der Waals surface area (Å²) in [7, 11) is 0. The summed E-state index contributed by atoms with van der Waals surface area (Å²) in [5, 5.41) is 10.1. The van der Waals surface area contributed by atoms with E-state index in [0.29, 0.717) is 18.9 Å². The van der Waals surface area contributed by atoms with Gasteiger partial charge in [0.15, 0.2) is 0 Å². The topological polar surface area (TPSA) is 81.5 Å². The number of aromatic hydroxyl groups is 1. The number of phenolic OH excluding ortho intramolecular Hbond substituents is 1. The Morgan fingerprint density at radius 3 is 2.45 bits per heavy atom. The van der Waals surface area contributed by atoms with E-state index in [-0.39, 0.29) is 24.2 Å². The molecule has 0 fully saturated rings. The molecule has 0 aromatic heterocycles. The van der Waals surface area contributed by atoms with Gasteiger partial charge in [-0.15, -0.1) is 12.4 Å². The molecule has 22 heavy (non-hydrogen) atoms. The van der Waals surface area contributed by atoms with Gasteiger partial charge in [0.2, 0.25) is 0 Å². The van der Waals surface area contributed by atoms with Gasteiger partial charge in [-0.05, 0) is 31.0 Å². The van der Waals surface area contributed by atoms with E-state index in [2.05, 4.69) is 0 Å². The van der Waals surface area contributed by atoms with Gasteiger partial charge in [0, 0.05) is 17.7 Å². The zero-order valence-electron chi connectivity index (χ0n) is 12.4. The molecule has 0 amide bonds. The molecule has 5 N–H and O–H groups in total. The number of nitrogens with two attached hydrogens (primary N) is 2. The molecule has 0 bridgehead atoms. The van der Waals surface area contributed by atoms with Crippen molar-refractivity contribution in [1.29, 1.82) is 0 Å². The van der Waals surface area contributed by atoms with Crippen molar-refractivity contribution in [3.8, 4) is 11.5 Å². The highest BCUT2D eigenvalue weighted by atomic mass is 35.5. The lowest BCUT2D eigenvalue weighted by molar-refractivity contribution is 0.304. The van der Waals surface area contributed by atoms with E-state index in [1.54, 1.807) is 6.07 Å². The minimum absolute atomic E-state index is 0. The first-order valence-corrected chi connectivity index (χ1v) is 7.16. The molecule has 0 aliphatic rings. The molecule has 4 nitrogen and oxygen atoms in total. The summed E-state index contributed by atoms with van der Waals surface area (Å²) >= 11 is 0. The SMILES string of the molecule is Cl.NCCC[C@@H](N)c1ccc(OCc2ccccc2)cc1O. The van der Waals surface area contributed by atoms with Gasteiger partial charge in [-0.3, -0.25) is 0 Å². The highest BCUT2D eigenvalue weighted by Gasteiger charge is 2.11. The zero-order valence-corrected chi connectivity index (χ0v) is 13.3. The first-order chi connectivity index (χ1) is 10.2. The Morgan fingerprint density at radius 1 is 1.09 bits per heavy atom. The van der Waals surface area contributed by atoms with Gasteiger partial charge in [-0.25, -0.2) is 0 Å². The maximum absolute atomic E-state index is 10.1. The van der Waals surface area contributed by atoms with Gasteiger partial charge in [-0.2, -0.15) is 0 Å². The third kappa shape index (κ3) is 5.22. The van der Waals surface area contributed by atoms with Crippen LogP contribution in [0.4, 0.5) is 0 Å². The van der Waals surface area contributed by atoms with Crippen molar-refractivity contribution in [3.05, 3.63) is 59.7 Å². The van der Waals surface area contributed by atoms with E-state index in [9.17, 15) is 5.11 Å². The van der Waals surface area contributed by atoms with E-state index < -0.39 is 0 Å². The number of ether oxygens (including phenoxy) is 1. The highest BCUT2D eigenvalue weighted by molar-refractivity contribution is 5.85. The van der Waals surface area contributed by atoms with E-state index in [1.165, 1.54) is 0 Å². The first kappa shape index (κ1) is 18.3. The maximum Gasteiger partial charge on any atom is 0.124 e. The quantitative estimate of drug-likeness (QED) is 0.731. The Kier molecular flexibility index (Phi) is 7.74. The second kappa shape index (κ2) is 9.30. The molecule has 0 unspecified atom stereocenters. The standard InChI is InChI=1S/C17H22N2O2.ClH/c18-10-4-7-16(19)15-9-8-14(11-17(15)20)21-12-13-5-2-1-3-6-13;/h1-3,5-6,8-9,11,16,20H,4,7,10,12,18-19H2;1H/t16-;/m1./s1. The van der Waals surface area contributed by atoms with Gasteiger partial charge in [0.05, 0.1) is 0 Å². The molecule has 0 aliphatic carbocycles. The van der Waals surface area contributed by atoms with Crippen LogP contribution in [0.5, 0.6) is 11.5 Å². The van der Waals surface area contributed by atoms with Crippen LogP contribution < -0.4 is 16.2 Å². The number of hydrogen-bond donors (Lipinski definition) is 3. The number of benzene rings is 2. The summed E-state index contributed by atoms with van der Waals surface area (Å²) in [4.78, 5) is 0. The van der Waals surface area contributed by atoms with E-state index in [4.69, 9.17) is 16.2 Å². The molecule has 0 saturated heterocycles. The van der Waals surface area contributed by atoms with Crippen molar-refractivity contribution >= 4 is 12.4 Å². The molecule has 2 rings (SSSR count). The van der Waals surface area contributed by atoms with Crippen molar-refractivity contribution in [2.24, 2.45) is 11.5 Å². The van der Waals surface area contributed by atoms with E-state index in [1.807, 2.05) is 42.5 Å². The lowest BCUT2D eigenvalue weighted by atomic mass is 10.0. The molecule has 1 atom stereocenters. The fraction of sp³-hybridized carbons (Fsp3) is 0.294. The molecular formula is C17H23ClN2O2. The molecule has 0 heterocycles. The fourth-order valence-corrected chi connectivity index (χ4v) is 2.16. The normalized spacial score (nSPS) is 11.5.